The second-order valence-electron chi connectivity index (χ2n) is 3.35. The molecule has 0 aliphatic rings. The molecule has 0 saturated heterocycles. The summed E-state index contributed by atoms with van der Waals surface area (Å²) >= 11 is 9.47. The van der Waals surface area contributed by atoms with Crippen LogP contribution in [0.5, 0.6) is 0 Å². The van der Waals surface area contributed by atoms with Crippen LogP contribution in [0.15, 0.2) is 33.5 Å². The third-order valence-electron chi connectivity index (χ3n) is 2.23. The van der Waals surface area contributed by atoms with E-state index in [1.54, 1.807) is 25.1 Å². The first kappa shape index (κ1) is 13.1. The molecule has 0 spiro atoms. The van der Waals surface area contributed by atoms with Gasteiger partial charge in [0.05, 0.1) is 11.6 Å². The molecule has 18 heavy (non-hydrogen) atoms. The summed E-state index contributed by atoms with van der Waals surface area (Å²) in [6.45, 7) is 2.00. The lowest BCUT2D eigenvalue weighted by Gasteiger charge is -2.04. The highest BCUT2D eigenvalue weighted by molar-refractivity contribution is 9.10. The number of hydrogen-bond acceptors (Lipinski definition) is 4. The van der Waals surface area contributed by atoms with Crippen LogP contribution >= 0.6 is 27.5 Å². The van der Waals surface area contributed by atoms with Gasteiger partial charge in [-0.1, -0.05) is 17.7 Å². The van der Waals surface area contributed by atoms with Crippen LogP contribution in [0.25, 0.3) is 11.3 Å². The molecule has 0 unspecified atom stereocenters. The maximum absolute atomic E-state index is 11.7. The first-order valence-electron chi connectivity index (χ1n) is 5.20. The summed E-state index contributed by atoms with van der Waals surface area (Å²) in [7, 11) is 0. The van der Waals surface area contributed by atoms with E-state index in [-0.39, 0.29) is 12.3 Å². The van der Waals surface area contributed by atoms with Crippen LogP contribution in [0.1, 0.15) is 17.4 Å². The summed E-state index contributed by atoms with van der Waals surface area (Å²) in [5.41, 5.74) is 0.712. The van der Waals surface area contributed by atoms with Gasteiger partial charge in [0.2, 0.25) is 0 Å². The lowest BCUT2D eigenvalue weighted by atomic mass is 10.1. The van der Waals surface area contributed by atoms with Crippen LogP contribution < -0.4 is 0 Å². The molecule has 1 aromatic heterocycles. The highest BCUT2D eigenvalue weighted by Crippen LogP contribution is 2.35. The Kier molecular flexibility index (Phi) is 4.04. The van der Waals surface area contributed by atoms with Crippen LogP contribution in [-0.2, 0) is 4.74 Å². The quantitative estimate of drug-likeness (QED) is 0.800. The number of nitrogens with zero attached hydrogens (tertiary/aromatic N) is 1. The minimum Gasteiger partial charge on any atom is -0.461 e. The normalized spacial score (nSPS) is 10.4. The van der Waals surface area contributed by atoms with E-state index in [4.69, 9.17) is 20.8 Å². The van der Waals surface area contributed by atoms with Crippen LogP contribution in [0.3, 0.4) is 0 Å². The van der Waals surface area contributed by atoms with Crippen molar-refractivity contribution in [3.8, 4) is 11.3 Å². The first-order valence-corrected chi connectivity index (χ1v) is 6.37. The Morgan fingerprint density at radius 2 is 2.33 bits per heavy atom. The zero-order chi connectivity index (χ0) is 13.1. The summed E-state index contributed by atoms with van der Waals surface area (Å²) in [5.74, 6) is -0.225. The summed E-state index contributed by atoms with van der Waals surface area (Å²) in [6, 6.07) is 5.34. The van der Waals surface area contributed by atoms with Gasteiger partial charge in [-0.15, -0.1) is 0 Å². The van der Waals surface area contributed by atoms with Gasteiger partial charge in [0.1, 0.15) is 0 Å². The standard InChI is InChI=1S/C12H9BrClNO3/c1-2-17-12(16)10-11(18-6-15-10)7-4-3-5-8(13)9(7)14/h3-6H,2H2,1H3. The second-order valence-corrected chi connectivity index (χ2v) is 4.58. The molecule has 0 N–H and O–H groups in total. The van der Waals surface area contributed by atoms with Gasteiger partial charge in [-0.2, -0.15) is 0 Å². The highest BCUT2D eigenvalue weighted by atomic mass is 79.9. The molecule has 0 saturated carbocycles. The third-order valence-corrected chi connectivity index (χ3v) is 3.53. The molecule has 2 aromatic rings. The maximum Gasteiger partial charge on any atom is 0.360 e. The Balaban J connectivity index is 2.49. The monoisotopic (exact) mass is 329 g/mol. The fourth-order valence-corrected chi connectivity index (χ4v) is 2.04. The van der Waals surface area contributed by atoms with Gasteiger partial charge < -0.3 is 9.15 Å². The molecule has 1 heterocycles. The smallest absolute Gasteiger partial charge is 0.360 e. The topological polar surface area (TPSA) is 52.3 Å². The number of benzene rings is 1. The molecule has 0 fully saturated rings. The Hall–Kier alpha value is -1.33. The van der Waals surface area contributed by atoms with Crippen molar-refractivity contribution in [2.45, 2.75) is 6.92 Å². The lowest BCUT2D eigenvalue weighted by molar-refractivity contribution is 0.0520. The minimum atomic E-state index is -0.530. The fraction of sp³-hybridized carbons (Fsp3) is 0.167. The van der Waals surface area contributed by atoms with Gasteiger partial charge in [-0.05, 0) is 35.0 Å². The van der Waals surface area contributed by atoms with E-state index < -0.39 is 5.97 Å². The van der Waals surface area contributed by atoms with Crippen molar-refractivity contribution in [2.24, 2.45) is 0 Å². The summed E-state index contributed by atoms with van der Waals surface area (Å²) < 4.78 is 10.9. The van der Waals surface area contributed by atoms with Gasteiger partial charge in [0.25, 0.3) is 0 Å². The Bertz CT molecular complexity index is 582. The van der Waals surface area contributed by atoms with Crippen LogP contribution in [0.4, 0.5) is 0 Å². The van der Waals surface area contributed by atoms with Crippen molar-refractivity contribution in [3.05, 3.63) is 39.8 Å². The molecule has 2 rings (SSSR count). The molecule has 4 nitrogen and oxygen atoms in total. The molecular formula is C12H9BrClNO3. The van der Waals surface area contributed by atoms with E-state index in [0.717, 1.165) is 0 Å². The number of carbonyl (C=O) groups is 1. The van der Waals surface area contributed by atoms with Crippen molar-refractivity contribution in [2.75, 3.05) is 6.61 Å². The zero-order valence-electron chi connectivity index (χ0n) is 9.44. The number of carbonyl (C=O) groups excluding carboxylic acids is 1. The number of halogens is 2. The average Bonchev–Trinajstić information content (AvgIpc) is 2.82. The van der Waals surface area contributed by atoms with Crippen molar-refractivity contribution in [3.63, 3.8) is 0 Å². The summed E-state index contributed by atoms with van der Waals surface area (Å²) in [6.07, 6.45) is 1.19. The number of hydrogen-bond donors (Lipinski definition) is 0. The number of rotatable bonds is 3. The highest BCUT2D eigenvalue weighted by Gasteiger charge is 2.21. The predicted molar refractivity (Wildman–Crippen MR) is 70.6 cm³/mol. The van der Waals surface area contributed by atoms with Gasteiger partial charge in [-0.3, -0.25) is 0 Å². The van der Waals surface area contributed by atoms with Gasteiger partial charge >= 0.3 is 5.97 Å². The van der Waals surface area contributed by atoms with E-state index in [1.165, 1.54) is 6.39 Å². The van der Waals surface area contributed by atoms with Crippen molar-refractivity contribution >= 4 is 33.5 Å². The maximum atomic E-state index is 11.7. The van der Waals surface area contributed by atoms with Crippen molar-refractivity contribution < 1.29 is 13.9 Å². The van der Waals surface area contributed by atoms with E-state index in [2.05, 4.69) is 20.9 Å². The molecule has 0 radical (unpaired) electrons. The lowest BCUT2D eigenvalue weighted by Crippen LogP contribution is -2.06. The number of oxazole rings is 1. The number of esters is 1. The van der Waals surface area contributed by atoms with Crippen LogP contribution in [0.2, 0.25) is 5.02 Å². The van der Waals surface area contributed by atoms with Crippen LogP contribution in [0, 0.1) is 0 Å². The molecule has 0 atom stereocenters. The molecular weight excluding hydrogens is 321 g/mol. The molecule has 0 amide bonds. The van der Waals surface area contributed by atoms with Crippen LogP contribution in [-0.4, -0.2) is 17.6 Å². The molecule has 6 heteroatoms. The van der Waals surface area contributed by atoms with Crippen molar-refractivity contribution in [1.82, 2.24) is 4.98 Å². The summed E-state index contributed by atoms with van der Waals surface area (Å²) in [4.78, 5) is 15.6. The largest absolute Gasteiger partial charge is 0.461 e. The summed E-state index contributed by atoms with van der Waals surface area (Å²) in [5, 5.41) is 0.458. The van der Waals surface area contributed by atoms with E-state index in [0.29, 0.717) is 20.8 Å². The SMILES string of the molecule is CCOC(=O)c1ncoc1-c1cccc(Br)c1Cl. The first-order chi connectivity index (χ1) is 8.65. The second kappa shape index (κ2) is 5.54. The van der Waals surface area contributed by atoms with Gasteiger partial charge in [0, 0.05) is 10.0 Å². The Morgan fingerprint density at radius 1 is 1.56 bits per heavy atom. The predicted octanol–water partition coefficient (Wildman–Crippen LogP) is 3.93. The van der Waals surface area contributed by atoms with Crippen molar-refractivity contribution in [1.29, 1.82) is 0 Å². The van der Waals surface area contributed by atoms with E-state index >= 15 is 0 Å². The zero-order valence-corrected chi connectivity index (χ0v) is 11.8. The van der Waals surface area contributed by atoms with E-state index in [1.807, 2.05) is 0 Å². The number of aromatic nitrogens is 1. The third kappa shape index (κ3) is 2.42. The van der Waals surface area contributed by atoms with E-state index in [9.17, 15) is 4.79 Å². The van der Waals surface area contributed by atoms with Gasteiger partial charge in [0.15, 0.2) is 17.8 Å². The average molecular weight is 331 g/mol. The molecule has 0 aliphatic heterocycles. The molecule has 0 aliphatic carbocycles. The Labute approximate surface area is 117 Å². The molecule has 94 valence electrons. The fourth-order valence-electron chi connectivity index (χ4n) is 1.46. The molecule has 1 aromatic carbocycles. The Morgan fingerprint density at radius 3 is 3.06 bits per heavy atom. The number of ether oxygens (including phenoxy) is 1. The van der Waals surface area contributed by atoms with Gasteiger partial charge in [-0.25, -0.2) is 9.78 Å². The molecule has 0 bridgehead atoms. The minimum absolute atomic E-state index is 0.122.